The van der Waals surface area contributed by atoms with Crippen molar-refractivity contribution in [1.29, 1.82) is 0 Å². The van der Waals surface area contributed by atoms with Crippen LogP contribution < -0.4 is 4.90 Å². The molecule has 0 N–H and O–H groups in total. The molecule has 0 radical (unpaired) electrons. The Labute approximate surface area is 375 Å². The zero-order valence-corrected chi connectivity index (χ0v) is 36.9. The summed E-state index contributed by atoms with van der Waals surface area (Å²) < 4.78 is 36.5. The highest BCUT2D eigenvalue weighted by atomic mass is 32.2. The van der Waals surface area contributed by atoms with Crippen molar-refractivity contribution in [1.82, 2.24) is 0 Å². The van der Waals surface area contributed by atoms with Gasteiger partial charge in [0.25, 0.3) is 0 Å². The minimum Gasteiger partial charge on any atom is -0.456 e. The monoisotopic (exact) mass is 851 g/mol. The number of hydrogen-bond donors (Lipinski definition) is 0. The number of furan rings is 1. The van der Waals surface area contributed by atoms with Gasteiger partial charge in [-0.1, -0.05) is 147 Å². The zero-order valence-electron chi connectivity index (χ0n) is 36.1. The third-order valence-electron chi connectivity index (χ3n) is 14.9. The van der Waals surface area contributed by atoms with E-state index in [4.69, 9.17) is 4.42 Å². The molecule has 64 heavy (non-hydrogen) atoms. The lowest BCUT2D eigenvalue weighted by atomic mass is 9.46. The van der Waals surface area contributed by atoms with Gasteiger partial charge in [-0.3, -0.25) is 0 Å². The van der Waals surface area contributed by atoms with E-state index in [0.29, 0.717) is 33.5 Å². The van der Waals surface area contributed by atoms with Gasteiger partial charge in [0.15, 0.2) is 0 Å². The average Bonchev–Trinajstić information content (AvgIpc) is 3.71. The first-order valence-corrected chi connectivity index (χ1v) is 24.3. The minimum atomic E-state index is -3.84. The van der Waals surface area contributed by atoms with E-state index in [1.165, 1.54) is 0 Å². The largest absolute Gasteiger partial charge is 0.456 e. The minimum absolute atomic E-state index is 0.338. The Morgan fingerprint density at radius 3 is 1.83 bits per heavy atom. The molecule has 1 spiro atoms. The van der Waals surface area contributed by atoms with E-state index in [-0.39, 0.29) is 5.41 Å². The molecule has 9 aromatic rings. The third-order valence-corrected chi connectivity index (χ3v) is 16.7. The van der Waals surface area contributed by atoms with Crippen molar-refractivity contribution in [3.05, 3.63) is 199 Å². The van der Waals surface area contributed by atoms with Crippen LogP contribution in [-0.2, 0) is 15.3 Å². The van der Waals surface area contributed by atoms with Crippen LogP contribution in [0, 0.1) is 23.7 Å². The van der Waals surface area contributed by atoms with Crippen molar-refractivity contribution < 1.29 is 12.8 Å². The standard InChI is InChI=1S/C59H49NO3S/c1-38-32-43-34-39(2)35-44(33-38)59(43)52-22-9-11-25-56(52)64(61,62)57-37-47(30-31-53(57)59)60(46-17-12-16-42(36-46)40-14-4-3-5-15-40)45-28-26-41(27-29-45)48-18-6-7-19-49(48)50-21-13-24-55-58(50)51-20-8-10-23-54(51)63-55/h3-31,36-39,43-44H,32-35H2,1-2H3. The van der Waals surface area contributed by atoms with Crippen molar-refractivity contribution in [3.8, 4) is 33.4 Å². The maximum atomic E-state index is 15.1. The molecule has 12 rings (SSSR count). The summed E-state index contributed by atoms with van der Waals surface area (Å²) in [6.45, 7) is 4.79. The van der Waals surface area contributed by atoms with Gasteiger partial charge in [0.05, 0.1) is 9.79 Å². The van der Waals surface area contributed by atoms with Gasteiger partial charge in [0, 0.05) is 33.2 Å². The van der Waals surface area contributed by atoms with E-state index in [1.54, 1.807) is 0 Å². The van der Waals surface area contributed by atoms with Gasteiger partial charge >= 0.3 is 0 Å². The highest BCUT2D eigenvalue weighted by Gasteiger charge is 2.59. The number of fused-ring (bicyclic) bond motifs is 5. The molecule has 2 fully saturated rings. The van der Waals surface area contributed by atoms with Gasteiger partial charge < -0.3 is 9.32 Å². The van der Waals surface area contributed by atoms with Gasteiger partial charge in [-0.05, 0) is 148 Å². The molecule has 2 aliphatic carbocycles. The van der Waals surface area contributed by atoms with Crippen molar-refractivity contribution >= 4 is 48.8 Å². The Hall–Kier alpha value is -6.69. The maximum absolute atomic E-state index is 15.1. The Bertz CT molecular complexity index is 3340. The fourth-order valence-electron chi connectivity index (χ4n) is 12.5. The van der Waals surface area contributed by atoms with Gasteiger partial charge in [-0.15, -0.1) is 0 Å². The van der Waals surface area contributed by atoms with E-state index in [0.717, 1.165) is 109 Å². The van der Waals surface area contributed by atoms with Crippen LogP contribution in [-0.4, -0.2) is 8.42 Å². The van der Waals surface area contributed by atoms with Crippen molar-refractivity contribution in [2.45, 2.75) is 54.7 Å². The van der Waals surface area contributed by atoms with E-state index in [1.807, 2.05) is 42.5 Å². The summed E-state index contributed by atoms with van der Waals surface area (Å²) in [5, 5.41) is 2.21. The van der Waals surface area contributed by atoms with Crippen molar-refractivity contribution in [3.63, 3.8) is 0 Å². The first-order chi connectivity index (χ1) is 31.3. The highest BCUT2D eigenvalue weighted by molar-refractivity contribution is 7.91. The number of rotatable bonds is 6. The smallest absolute Gasteiger partial charge is 0.207 e. The van der Waals surface area contributed by atoms with Crippen molar-refractivity contribution in [2.24, 2.45) is 23.7 Å². The first kappa shape index (κ1) is 38.9. The number of anilines is 3. The molecule has 0 atom stereocenters. The molecular weight excluding hydrogens is 803 g/mol. The van der Waals surface area contributed by atoms with E-state index in [9.17, 15) is 0 Å². The van der Waals surface area contributed by atoms with Crippen LogP contribution in [0.2, 0.25) is 0 Å². The summed E-state index contributed by atoms with van der Waals surface area (Å²) in [5.41, 5.74) is 12.8. The Balaban J connectivity index is 1.02. The van der Waals surface area contributed by atoms with Crippen LogP contribution in [0.4, 0.5) is 17.1 Å². The lowest BCUT2D eigenvalue weighted by molar-refractivity contribution is 0.0231. The van der Waals surface area contributed by atoms with E-state index in [2.05, 4.69) is 164 Å². The predicted molar refractivity (Wildman–Crippen MR) is 261 cm³/mol. The lowest BCUT2D eigenvalue weighted by Crippen LogP contribution is -2.54. The summed E-state index contributed by atoms with van der Waals surface area (Å²) in [6.07, 6.45) is 4.44. The second-order valence-corrected chi connectivity index (χ2v) is 20.6. The molecule has 1 aromatic heterocycles. The summed E-state index contributed by atoms with van der Waals surface area (Å²) in [6, 6.07) is 65.2. The van der Waals surface area contributed by atoms with Gasteiger partial charge in [0.1, 0.15) is 11.2 Å². The van der Waals surface area contributed by atoms with Crippen LogP contribution in [0.1, 0.15) is 50.7 Å². The predicted octanol–water partition coefficient (Wildman–Crippen LogP) is 15.6. The SMILES string of the molecule is CC1CC2CC(C)CC(C1)C21c2ccccc2S(=O)(=O)c2cc(N(c3ccc(-c4ccccc4-c4cccc5oc6ccccc6c45)cc3)c3cccc(-c4ccccc4)c3)ccc21. The van der Waals surface area contributed by atoms with Gasteiger partial charge in [0.2, 0.25) is 9.84 Å². The Morgan fingerprint density at radius 2 is 1.05 bits per heavy atom. The number of nitrogens with zero attached hydrogens (tertiary/aromatic N) is 1. The van der Waals surface area contributed by atoms with Crippen LogP contribution in [0.5, 0.6) is 0 Å². The molecule has 0 unspecified atom stereocenters. The summed E-state index contributed by atoms with van der Waals surface area (Å²) in [7, 11) is -3.84. The van der Waals surface area contributed by atoms with Crippen molar-refractivity contribution in [2.75, 3.05) is 4.90 Å². The molecule has 2 bridgehead atoms. The quantitative estimate of drug-likeness (QED) is 0.167. The third kappa shape index (κ3) is 5.97. The molecule has 2 saturated carbocycles. The van der Waals surface area contributed by atoms with E-state index < -0.39 is 9.84 Å². The fourth-order valence-corrected chi connectivity index (χ4v) is 14.3. The normalized spacial score (nSPS) is 22.0. The highest BCUT2D eigenvalue weighted by Crippen LogP contribution is 2.64. The summed E-state index contributed by atoms with van der Waals surface area (Å²) >= 11 is 0. The molecule has 1 aliphatic heterocycles. The lowest BCUT2D eigenvalue weighted by Gasteiger charge is -2.59. The fraction of sp³-hybridized carbons (Fsp3) is 0.186. The van der Waals surface area contributed by atoms with Crippen LogP contribution >= 0.6 is 0 Å². The topological polar surface area (TPSA) is 50.5 Å². The molecule has 2 heterocycles. The van der Waals surface area contributed by atoms with E-state index >= 15 is 8.42 Å². The first-order valence-electron chi connectivity index (χ1n) is 22.8. The number of benzene rings is 8. The number of para-hydroxylation sites is 1. The number of hydrogen-bond acceptors (Lipinski definition) is 4. The second kappa shape index (κ2) is 15.0. The molecule has 314 valence electrons. The average molecular weight is 852 g/mol. The molecule has 3 aliphatic rings. The maximum Gasteiger partial charge on any atom is 0.207 e. The molecule has 8 aromatic carbocycles. The summed E-state index contributed by atoms with van der Waals surface area (Å²) in [4.78, 5) is 3.17. The van der Waals surface area contributed by atoms with Gasteiger partial charge in [-0.2, -0.15) is 0 Å². The Kier molecular flexibility index (Phi) is 9.10. The van der Waals surface area contributed by atoms with Crippen LogP contribution in [0.3, 0.4) is 0 Å². The Morgan fingerprint density at radius 1 is 0.469 bits per heavy atom. The summed E-state index contributed by atoms with van der Waals surface area (Å²) in [5.74, 6) is 1.98. The number of sulfone groups is 1. The molecular formula is C59H49NO3S. The molecule has 0 saturated heterocycles. The molecule has 0 amide bonds. The second-order valence-electron chi connectivity index (χ2n) is 18.7. The molecule has 5 heteroatoms. The molecule has 4 nitrogen and oxygen atoms in total. The zero-order chi connectivity index (χ0) is 43.2. The van der Waals surface area contributed by atoms with Crippen LogP contribution in [0.25, 0.3) is 55.3 Å². The van der Waals surface area contributed by atoms with Crippen LogP contribution in [0.15, 0.2) is 202 Å². The van der Waals surface area contributed by atoms with Gasteiger partial charge in [-0.25, -0.2) is 8.42 Å².